The van der Waals surface area contributed by atoms with Crippen molar-refractivity contribution in [3.05, 3.63) is 0 Å². The number of piperidine rings is 1. The number of β-amino-alcohol motifs (C(OH)–C–C–N with tert-alkyl or cyclic N) is 1. The molecule has 2 rings (SSSR count). The normalized spacial score (nSPS) is 22.5. The highest BCUT2D eigenvalue weighted by molar-refractivity contribution is 14.0. The number of hydrogen-bond acceptors (Lipinski definition) is 6. The second-order valence-electron chi connectivity index (χ2n) is 9.90. The summed E-state index contributed by atoms with van der Waals surface area (Å²) in [6.45, 7) is 16.4. The molecule has 2 fully saturated rings. The number of aliphatic imine (C=N–C) groups is 1. The summed E-state index contributed by atoms with van der Waals surface area (Å²) in [6, 6.07) is 0. The van der Waals surface area contributed by atoms with Gasteiger partial charge in [-0.15, -0.1) is 24.0 Å². The smallest absolute Gasteiger partial charge is 0.410 e. The third-order valence-corrected chi connectivity index (χ3v) is 5.32. The van der Waals surface area contributed by atoms with E-state index in [1.807, 2.05) is 34.6 Å². The fourth-order valence-corrected chi connectivity index (χ4v) is 3.85. The molecule has 0 aromatic rings. The topological polar surface area (TPSA) is 98.7 Å². The van der Waals surface area contributed by atoms with Crippen LogP contribution in [0.1, 0.15) is 47.5 Å². The van der Waals surface area contributed by atoms with Crippen LogP contribution >= 0.6 is 24.0 Å². The molecule has 32 heavy (non-hydrogen) atoms. The first-order chi connectivity index (χ1) is 14.6. The number of morpholine rings is 1. The SMILES string of the molecule is CCNC(=NCC(C)(O)CN1CCOCC1)NCC1CCCN(C(=O)OC(C)(C)C)C1.I. The van der Waals surface area contributed by atoms with Gasteiger partial charge in [-0.3, -0.25) is 9.89 Å². The van der Waals surface area contributed by atoms with E-state index in [0.717, 1.165) is 45.6 Å². The van der Waals surface area contributed by atoms with E-state index in [0.29, 0.717) is 44.7 Å². The Kier molecular flexibility index (Phi) is 12.5. The van der Waals surface area contributed by atoms with Crippen LogP contribution in [0.15, 0.2) is 4.99 Å². The molecule has 2 heterocycles. The summed E-state index contributed by atoms with van der Waals surface area (Å²) in [7, 11) is 0. The van der Waals surface area contributed by atoms with Crippen molar-refractivity contribution in [1.82, 2.24) is 20.4 Å². The van der Waals surface area contributed by atoms with Crippen molar-refractivity contribution < 1.29 is 19.4 Å². The first-order valence-electron chi connectivity index (χ1n) is 11.6. The van der Waals surface area contributed by atoms with Crippen LogP contribution in [0.2, 0.25) is 0 Å². The van der Waals surface area contributed by atoms with Crippen LogP contribution in [0.5, 0.6) is 0 Å². The van der Waals surface area contributed by atoms with Gasteiger partial charge in [0.1, 0.15) is 5.60 Å². The molecule has 3 N–H and O–H groups in total. The molecule has 2 atom stereocenters. The van der Waals surface area contributed by atoms with Gasteiger partial charge in [0.15, 0.2) is 5.96 Å². The van der Waals surface area contributed by atoms with Crippen molar-refractivity contribution in [3.63, 3.8) is 0 Å². The monoisotopic (exact) mass is 569 g/mol. The van der Waals surface area contributed by atoms with Gasteiger partial charge in [-0.1, -0.05) is 0 Å². The lowest BCUT2D eigenvalue weighted by Crippen LogP contribution is -2.49. The molecule has 0 aliphatic carbocycles. The van der Waals surface area contributed by atoms with E-state index >= 15 is 0 Å². The maximum absolute atomic E-state index is 12.4. The number of guanidine groups is 1. The number of rotatable bonds is 7. The lowest BCUT2D eigenvalue weighted by atomic mass is 9.98. The molecular weight excluding hydrogens is 525 g/mol. The molecule has 0 aromatic heterocycles. The average Bonchev–Trinajstić information content (AvgIpc) is 2.69. The maximum Gasteiger partial charge on any atom is 0.410 e. The zero-order valence-corrected chi connectivity index (χ0v) is 22.8. The van der Waals surface area contributed by atoms with E-state index < -0.39 is 11.2 Å². The number of carbonyl (C=O) groups excluding carboxylic acids is 1. The Morgan fingerprint density at radius 1 is 1.19 bits per heavy atom. The molecular formula is C22H44IN5O4. The predicted molar refractivity (Wildman–Crippen MR) is 138 cm³/mol. The van der Waals surface area contributed by atoms with Gasteiger partial charge in [0.2, 0.25) is 0 Å². The largest absolute Gasteiger partial charge is 0.444 e. The Labute approximate surface area is 210 Å². The Morgan fingerprint density at radius 3 is 2.50 bits per heavy atom. The number of amides is 1. The second-order valence-corrected chi connectivity index (χ2v) is 9.90. The summed E-state index contributed by atoms with van der Waals surface area (Å²) in [4.78, 5) is 21.0. The average molecular weight is 570 g/mol. The summed E-state index contributed by atoms with van der Waals surface area (Å²) in [5, 5.41) is 17.4. The number of hydrogen-bond donors (Lipinski definition) is 3. The third kappa shape index (κ3) is 11.3. The molecule has 2 aliphatic heterocycles. The number of aliphatic hydroxyl groups is 1. The Morgan fingerprint density at radius 2 is 1.88 bits per heavy atom. The molecule has 9 nitrogen and oxygen atoms in total. The van der Waals surface area contributed by atoms with Gasteiger partial charge >= 0.3 is 6.09 Å². The molecule has 0 aromatic carbocycles. The molecule has 10 heteroatoms. The van der Waals surface area contributed by atoms with Crippen LogP contribution in [-0.2, 0) is 9.47 Å². The van der Waals surface area contributed by atoms with Crippen molar-refractivity contribution in [2.24, 2.45) is 10.9 Å². The summed E-state index contributed by atoms with van der Waals surface area (Å²) in [5.74, 6) is 1.03. The predicted octanol–water partition coefficient (Wildman–Crippen LogP) is 1.89. The van der Waals surface area contributed by atoms with Crippen LogP contribution < -0.4 is 10.6 Å². The molecule has 0 spiro atoms. The van der Waals surface area contributed by atoms with Gasteiger partial charge in [0.25, 0.3) is 0 Å². The van der Waals surface area contributed by atoms with E-state index in [9.17, 15) is 9.90 Å². The van der Waals surface area contributed by atoms with E-state index in [4.69, 9.17) is 9.47 Å². The number of likely N-dealkylation sites (tertiary alicyclic amines) is 1. The van der Waals surface area contributed by atoms with Crippen LogP contribution in [0.25, 0.3) is 0 Å². The number of halogens is 1. The lowest BCUT2D eigenvalue weighted by molar-refractivity contribution is -0.0180. The summed E-state index contributed by atoms with van der Waals surface area (Å²) in [6.07, 6.45) is 1.78. The fraction of sp³-hybridized carbons (Fsp3) is 0.909. The molecule has 188 valence electrons. The van der Waals surface area contributed by atoms with E-state index in [-0.39, 0.29) is 30.1 Å². The van der Waals surface area contributed by atoms with Crippen molar-refractivity contribution in [3.8, 4) is 0 Å². The van der Waals surface area contributed by atoms with Crippen LogP contribution in [0, 0.1) is 5.92 Å². The van der Waals surface area contributed by atoms with Crippen molar-refractivity contribution in [2.75, 3.05) is 65.6 Å². The third-order valence-electron chi connectivity index (χ3n) is 5.32. The lowest BCUT2D eigenvalue weighted by Gasteiger charge is -2.34. The van der Waals surface area contributed by atoms with Gasteiger partial charge in [-0.2, -0.15) is 0 Å². The van der Waals surface area contributed by atoms with Crippen LogP contribution in [0.4, 0.5) is 4.79 Å². The molecule has 0 radical (unpaired) electrons. The highest BCUT2D eigenvalue weighted by atomic mass is 127. The van der Waals surface area contributed by atoms with Crippen LogP contribution in [0.3, 0.4) is 0 Å². The van der Waals surface area contributed by atoms with Gasteiger partial charge in [0, 0.05) is 45.8 Å². The number of carbonyl (C=O) groups is 1. The maximum atomic E-state index is 12.4. The number of nitrogens with zero attached hydrogens (tertiary/aromatic N) is 3. The first kappa shape index (κ1) is 29.2. The molecule has 2 unspecified atom stereocenters. The standard InChI is InChI=1S/C22H43N5O4.HI/c1-6-23-19(25-16-22(5,29)17-26-10-12-30-13-11-26)24-14-18-8-7-9-27(15-18)20(28)31-21(2,3)4;/h18,29H,6-17H2,1-5H3,(H2,23,24,25);1H. The van der Waals surface area contributed by atoms with Gasteiger partial charge in [0.05, 0.1) is 25.4 Å². The zero-order valence-electron chi connectivity index (χ0n) is 20.5. The Bertz CT molecular complexity index is 591. The minimum Gasteiger partial charge on any atom is -0.444 e. The molecule has 0 saturated carbocycles. The quantitative estimate of drug-likeness (QED) is 0.245. The van der Waals surface area contributed by atoms with Crippen molar-refractivity contribution in [1.29, 1.82) is 0 Å². The Hall–Kier alpha value is -0.850. The fourth-order valence-electron chi connectivity index (χ4n) is 3.85. The zero-order chi connectivity index (χ0) is 22.9. The van der Waals surface area contributed by atoms with Gasteiger partial charge in [-0.05, 0) is 53.4 Å². The molecule has 2 aliphatic rings. The summed E-state index contributed by atoms with van der Waals surface area (Å²) in [5.41, 5.74) is -1.39. The molecule has 0 bridgehead atoms. The number of nitrogens with one attached hydrogen (secondary N) is 2. The molecule has 2 saturated heterocycles. The highest BCUT2D eigenvalue weighted by Gasteiger charge is 2.28. The second kappa shape index (κ2) is 13.8. The summed E-state index contributed by atoms with van der Waals surface area (Å²) >= 11 is 0. The van der Waals surface area contributed by atoms with Gasteiger partial charge < -0.3 is 30.1 Å². The molecule has 1 amide bonds. The van der Waals surface area contributed by atoms with E-state index in [2.05, 4.69) is 20.5 Å². The van der Waals surface area contributed by atoms with E-state index in [1.54, 1.807) is 4.90 Å². The van der Waals surface area contributed by atoms with Crippen molar-refractivity contribution in [2.45, 2.75) is 58.7 Å². The highest BCUT2D eigenvalue weighted by Crippen LogP contribution is 2.19. The van der Waals surface area contributed by atoms with Crippen molar-refractivity contribution >= 4 is 36.0 Å². The van der Waals surface area contributed by atoms with E-state index in [1.165, 1.54) is 0 Å². The van der Waals surface area contributed by atoms with Crippen LogP contribution in [-0.4, -0.2) is 104 Å². The minimum atomic E-state index is -0.905. The van der Waals surface area contributed by atoms with Gasteiger partial charge in [-0.25, -0.2) is 4.79 Å². The number of ether oxygens (including phenoxy) is 2. The minimum absolute atomic E-state index is 0. The Balaban J connectivity index is 0.00000512. The first-order valence-corrected chi connectivity index (χ1v) is 11.6. The summed E-state index contributed by atoms with van der Waals surface area (Å²) < 4.78 is 10.9.